The zero-order chi connectivity index (χ0) is 28.8. The lowest BCUT2D eigenvalue weighted by Gasteiger charge is -2.17. The van der Waals surface area contributed by atoms with Crippen LogP contribution in [0, 0.1) is 13.8 Å². The fourth-order valence-corrected chi connectivity index (χ4v) is 5.88. The van der Waals surface area contributed by atoms with Gasteiger partial charge in [-0.3, -0.25) is 19.6 Å². The number of ketones is 2. The SMILES string of the molecule is Cc1cc(C2=CC(=O)C=CC2=O)cc(C)c1-c1cc(-c2cccc3cccnc23)nc(-c2cccc3cccnc23)c1. The molecule has 3 aromatic heterocycles. The molecule has 3 heterocycles. The molecular weight excluding hydrogens is 518 g/mol. The van der Waals surface area contributed by atoms with Crippen molar-refractivity contribution < 1.29 is 9.59 Å². The molecule has 1 aliphatic carbocycles. The van der Waals surface area contributed by atoms with Crippen LogP contribution in [0.5, 0.6) is 0 Å². The number of para-hydroxylation sites is 2. The molecule has 42 heavy (non-hydrogen) atoms. The third-order valence-corrected chi connectivity index (χ3v) is 7.73. The zero-order valence-electron chi connectivity index (χ0n) is 23.1. The first kappa shape index (κ1) is 25.4. The monoisotopic (exact) mass is 543 g/mol. The third-order valence-electron chi connectivity index (χ3n) is 7.73. The van der Waals surface area contributed by atoms with E-state index >= 15 is 0 Å². The number of fused-ring (bicyclic) bond motifs is 2. The molecule has 6 aromatic rings. The Hall–Kier alpha value is -5.55. The van der Waals surface area contributed by atoms with Crippen molar-refractivity contribution in [3.8, 4) is 33.6 Å². The van der Waals surface area contributed by atoms with Crippen LogP contribution in [0.15, 0.2) is 116 Å². The Morgan fingerprint density at radius 2 is 1.14 bits per heavy atom. The van der Waals surface area contributed by atoms with Gasteiger partial charge in [-0.15, -0.1) is 0 Å². The molecule has 0 radical (unpaired) electrons. The first-order valence-corrected chi connectivity index (χ1v) is 13.8. The van der Waals surface area contributed by atoms with Crippen molar-refractivity contribution in [2.75, 3.05) is 0 Å². The molecule has 0 aliphatic heterocycles. The second kappa shape index (κ2) is 10.1. The van der Waals surface area contributed by atoms with Crippen molar-refractivity contribution in [2.45, 2.75) is 13.8 Å². The lowest BCUT2D eigenvalue weighted by molar-refractivity contribution is -0.113. The molecule has 0 atom stereocenters. The summed E-state index contributed by atoms with van der Waals surface area (Å²) in [7, 11) is 0. The summed E-state index contributed by atoms with van der Waals surface area (Å²) in [6.45, 7) is 4.08. The minimum atomic E-state index is -0.181. The topological polar surface area (TPSA) is 72.8 Å². The van der Waals surface area contributed by atoms with E-state index < -0.39 is 0 Å². The number of carbonyl (C=O) groups excluding carboxylic acids is 2. The summed E-state index contributed by atoms with van der Waals surface area (Å²) in [6, 6.07) is 28.5. The number of aryl methyl sites for hydroxylation is 2. The van der Waals surface area contributed by atoms with Gasteiger partial charge in [0.1, 0.15) is 0 Å². The van der Waals surface area contributed by atoms with E-state index in [4.69, 9.17) is 15.0 Å². The quantitative estimate of drug-likeness (QED) is 0.211. The highest BCUT2D eigenvalue weighted by Gasteiger charge is 2.20. The summed E-state index contributed by atoms with van der Waals surface area (Å²) in [4.78, 5) is 39.2. The Bertz CT molecular complexity index is 2030. The van der Waals surface area contributed by atoms with Crippen LogP contribution in [-0.2, 0) is 9.59 Å². The first-order chi connectivity index (χ1) is 20.5. The van der Waals surface area contributed by atoms with Gasteiger partial charge < -0.3 is 0 Å². The average Bonchev–Trinajstić information content (AvgIpc) is 3.01. The third kappa shape index (κ3) is 4.41. The molecule has 0 bridgehead atoms. The Balaban J connectivity index is 1.47. The van der Waals surface area contributed by atoms with E-state index in [1.165, 1.54) is 18.2 Å². The highest BCUT2D eigenvalue weighted by atomic mass is 16.1. The summed E-state index contributed by atoms with van der Waals surface area (Å²) in [5, 5.41) is 2.09. The highest BCUT2D eigenvalue weighted by Crippen LogP contribution is 2.38. The summed E-state index contributed by atoms with van der Waals surface area (Å²) >= 11 is 0. The molecule has 0 amide bonds. The maximum Gasteiger partial charge on any atom is 0.186 e. The molecule has 5 heteroatoms. The van der Waals surface area contributed by atoms with Gasteiger partial charge in [0.05, 0.1) is 22.4 Å². The van der Waals surface area contributed by atoms with Crippen LogP contribution < -0.4 is 0 Å². The number of hydrogen-bond acceptors (Lipinski definition) is 5. The fourth-order valence-electron chi connectivity index (χ4n) is 5.88. The van der Waals surface area contributed by atoms with Crippen molar-refractivity contribution in [1.29, 1.82) is 0 Å². The minimum Gasteiger partial charge on any atom is -0.290 e. The van der Waals surface area contributed by atoms with E-state index in [-0.39, 0.29) is 11.6 Å². The van der Waals surface area contributed by atoms with Crippen molar-refractivity contribution in [2.24, 2.45) is 0 Å². The number of hydrogen-bond donors (Lipinski definition) is 0. The molecule has 0 unspecified atom stereocenters. The predicted molar refractivity (Wildman–Crippen MR) is 168 cm³/mol. The fraction of sp³-hybridized carbons (Fsp3) is 0.0541. The van der Waals surface area contributed by atoms with Crippen LogP contribution in [0.1, 0.15) is 16.7 Å². The van der Waals surface area contributed by atoms with E-state index in [2.05, 4.69) is 48.5 Å². The summed E-state index contributed by atoms with van der Waals surface area (Å²) < 4.78 is 0. The number of aromatic nitrogens is 3. The van der Waals surface area contributed by atoms with Crippen LogP contribution in [0.3, 0.4) is 0 Å². The standard InChI is InChI=1S/C37H25N3O2/c1-22-17-26(31-21-28(41)13-14-34(31)42)18-23(2)35(22)27-19-32(29-11-3-7-24-9-5-15-38-36(24)29)40-33(20-27)30-12-4-8-25-10-6-16-39-37(25)30/h3-21H,1-2H3. The molecule has 7 rings (SSSR count). The number of nitrogens with zero attached hydrogens (tertiary/aromatic N) is 3. The maximum absolute atomic E-state index is 12.6. The second-order valence-corrected chi connectivity index (χ2v) is 10.5. The molecule has 0 N–H and O–H groups in total. The summed E-state index contributed by atoms with van der Waals surface area (Å²) in [5.74, 6) is -0.346. The molecule has 1 aliphatic rings. The van der Waals surface area contributed by atoms with Gasteiger partial charge in [0.25, 0.3) is 0 Å². The molecule has 0 saturated carbocycles. The average molecular weight is 544 g/mol. The van der Waals surface area contributed by atoms with E-state index in [0.29, 0.717) is 5.57 Å². The summed E-state index contributed by atoms with van der Waals surface area (Å²) in [5.41, 5.74) is 10.5. The largest absolute Gasteiger partial charge is 0.290 e. The van der Waals surface area contributed by atoms with Crippen molar-refractivity contribution in [3.05, 3.63) is 132 Å². The Morgan fingerprint density at radius 3 is 1.71 bits per heavy atom. The van der Waals surface area contributed by atoms with Crippen LogP contribution in [0.25, 0.3) is 61.0 Å². The number of rotatable bonds is 4. The Kier molecular flexibility index (Phi) is 6.13. The molecule has 0 fully saturated rings. The van der Waals surface area contributed by atoms with Gasteiger partial charge >= 0.3 is 0 Å². The second-order valence-electron chi connectivity index (χ2n) is 10.5. The van der Waals surface area contributed by atoms with Gasteiger partial charge in [-0.2, -0.15) is 0 Å². The smallest absolute Gasteiger partial charge is 0.186 e. The van der Waals surface area contributed by atoms with Gasteiger partial charge in [0.15, 0.2) is 11.6 Å². The maximum atomic E-state index is 12.6. The van der Waals surface area contributed by atoms with Gasteiger partial charge in [-0.05, 0) is 84.2 Å². The minimum absolute atomic E-state index is 0.165. The lowest BCUT2D eigenvalue weighted by atomic mass is 9.88. The van der Waals surface area contributed by atoms with E-state index in [9.17, 15) is 9.59 Å². The Morgan fingerprint density at radius 1 is 0.595 bits per heavy atom. The highest BCUT2D eigenvalue weighted by molar-refractivity contribution is 6.34. The van der Waals surface area contributed by atoms with E-state index in [1.54, 1.807) is 12.4 Å². The van der Waals surface area contributed by atoms with Crippen LogP contribution in [-0.4, -0.2) is 26.5 Å². The van der Waals surface area contributed by atoms with E-state index in [1.807, 2.05) is 50.2 Å². The van der Waals surface area contributed by atoms with Crippen LogP contribution in [0.2, 0.25) is 0 Å². The zero-order valence-corrected chi connectivity index (χ0v) is 23.1. The lowest BCUT2D eigenvalue weighted by Crippen LogP contribution is -2.07. The molecule has 3 aromatic carbocycles. The van der Waals surface area contributed by atoms with Gasteiger partial charge in [-0.25, -0.2) is 4.98 Å². The molecule has 0 saturated heterocycles. The summed E-state index contributed by atoms with van der Waals surface area (Å²) in [6.07, 6.45) is 7.68. The van der Waals surface area contributed by atoms with Gasteiger partial charge in [0.2, 0.25) is 0 Å². The number of pyridine rings is 3. The van der Waals surface area contributed by atoms with Crippen LogP contribution >= 0.6 is 0 Å². The predicted octanol–water partition coefficient (Wildman–Crippen LogP) is 7.89. The first-order valence-electron chi connectivity index (χ1n) is 13.8. The normalized spacial score (nSPS) is 13.1. The molecule has 200 valence electrons. The van der Waals surface area contributed by atoms with Crippen molar-refractivity contribution >= 4 is 38.9 Å². The number of carbonyl (C=O) groups is 2. The van der Waals surface area contributed by atoms with E-state index in [0.717, 1.165) is 72.1 Å². The number of allylic oxidation sites excluding steroid dienone is 4. The molecular formula is C37H25N3O2. The van der Waals surface area contributed by atoms with Gasteiger partial charge in [0, 0.05) is 39.9 Å². The molecule has 0 spiro atoms. The van der Waals surface area contributed by atoms with Crippen molar-refractivity contribution in [1.82, 2.24) is 15.0 Å². The number of benzene rings is 3. The molecule has 5 nitrogen and oxygen atoms in total. The van der Waals surface area contributed by atoms with Crippen LogP contribution in [0.4, 0.5) is 0 Å². The Labute approximate surface area is 242 Å². The van der Waals surface area contributed by atoms with Crippen molar-refractivity contribution in [3.63, 3.8) is 0 Å². The van der Waals surface area contributed by atoms with Gasteiger partial charge in [-0.1, -0.05) is 60.7 Å².